The summed E-state index contributed by atoms with van der Waals surface area (Å²) in [6.07, 6.45) is 1.73. The van der Waals surface area contributed by atoms with Gasteiger partial charge in [-0.25, -0.2) is 4.39 Å². The maximum Gasteiger partial charge on any atom is 0.265 e. The molecule has 1 aliphatic rings. The molecule has 0 saturated carbocycles. The van der Waals surface area contributed by atoms with E-state index in [-0.39, 0.29) is 16.8 Å². The lowest BCUT2D eigenvalue weighted by Crippen LogP contribution is -2.22. The van der Waals surface area contributed by atoms with Crippen molar-refractivity contribution < 1.29 is 14.0 Å². The van der Waals surface area contributed by atoms with Crippen molar-refractivity contribution in [3.8, 4) is 0 Å². The number of amides is 2. The molecule has 1 N–H and O–H groups in total. The summed E-state index contributed by atoms with van der Waals surface area (Å²) >= 11 is 12.0. The molecule has 0 radical (unpaired) electrons. The monoisotopic (exact) mass is 406 g/mol. The molecule has 0 atom stereocenters. The van der Waals surface area contributed by atoms with Crippen molar-refractivity contribution in [1.82, 2.24) is 4.90 Å². The maximum atomic E-state index is 13.2. The molecule has 8 heteroatoms. The van der Waals surface area contributed by atoms with Gasteiger partial charge in [0, 0.05) is 18.3 Å². The second-order valence-corrected chi connectivity index (χ2v) is 7.53. The molecule has 2 aromatic carbocycles. The van der Waals surface area contributed by atoms with Gasteiger partial charge in [0.15, 0.2) is 0 Å². The van der Waals surface area contributed by atoms with E-state index in [2.05, 4.69) is 5.32 Å². The molecule has 3 rings (SSSR count). The van der Waals surface area contributed by atoms with E-state index in [1.165, 1.54) is 34.9 Å². The molecule has 2 amide bonds. The molecule has 2 aromatic rings. The van der Waals surface area contributed by atoms with E-state index in [1.807, 2.05) is 0 Å². The van der Waals surface area contributed by atoms with E-state index in [0.29, 0.717) is 20.5 Å². The zero-order valence-corrected chi connectivity index (χ0v) is 15.8. The van der Waals surface area contributed by atoms with Gasteiger partial charge in [-0.05, 0) is 42.0 Å². The van der Waals surface area contributed by atoms with Crippen molar-refractivity contribution in [2.45, 2.75) is 0 Å². The molecule has 0 aromatic heterocycles. The third-order valence-corrected chi connectivity index (χ3v) is 5.41. The van der Waals surface area contributed by atoms with Crippen molar-refractivity contribution in [3.05, 3.63) is 69.3 Å². The Bertz CT molecular complexity index is 945. The molecule has 0 unspecified atom stereocenters. The van der Waals surface area contributed by atoms with E-state index in [9.17, 15) is 14.0 Å². The Balaban J connectivity index is 1.73. The third kappa shape index (κ3) is 3.95. The highest BCUT2D eigenvalue weighted by Crippen LogP contribution is 2.31. The minimum Gasteiger partial charge on any atom is -0.322 e. The van der Waals surface area contributed by atoms with Crippen LogP contribution in [0, 0.1) is 5.82 Å². The zero-order valence-electron chi connectivity index (χ0n) is 13.5. The van der Waals surface area contributed by atoms with Crippen LogP contribution < -0.4 is 5.32 Å². The summed E-state index contributed by atoms with van der Waals surface area (Å²) < 4.78 is 13.7. The largest absolute Gasteiger partial charge is 0.322 e. The van der Waals surface area contributed by atoms with Crippen LogP contribution in [0.1, 0.15) is 15.9 Å². The molecular formula is C18H12ClFN2O2S2. The lowest BCUT2D eigenvalue weighted by atomic mass is 10.1. The van der Waals surface area contributed by atoms with Crippen LogP contribution in [-0.4, -0.2) is 28.1 Å². The number of nitrogens with one attached hydrogen (secondary N) is 1. The summed E-state index contributed by atoms with van der Waals surface area (Å²) in [7, 11) is 1.63. The number of thiocarbonyl (C=S) groups is 1. The number of hydrogen-bond donors (Lipinski definition) is 1. The Kier molecular flexibility index (Phi) is 5.41. The Morgan fingerprint density at radius 1 is 1.27 bits per heavy atom. The van der Waals surface area contributed by atoms with E-state index in [1.54, 1.807) is 37.4 Å². The van der Waals surface area contributed by atoms with Crippen molar-refractivity contribution in [2.24, 2.45) is 0 Å². The standard InChI is InChI=1S/C18H12ClFN2O2S2/c1-22-17(24)15(26-18(22)25)8-10-2-4-11(5-3-10)16(23)21-12-6-7-14(20)13(19)9-12/h2-9H,1H3,(H,21,23)/b15-8-. The first kappa shape index (κ1) is 18.6. The van der Waals surface area contributed by atoms with E-state index in [0.717, 1.165) is 5.56 Å². The number of rotatable bonds is 3. The summed E-state index contributed by atoms with van der Waals surface area (Å²) in [5.41, 5.74) is 1.60. The normalized spacial score (nSPS) is 15.7. The van der Waals surface area contributed by atoms with Crippen LogP contribution in [0.3, 0.4) is 0 Å². The first-order chi connectivity index (χ1) is 12.3. The molecule has 26 heavy (non-hydrogen) atoms. The molecule has 0 aliphatic carbocycles. The van der Waals surface area contributed by atoms with Gasteiger partial charge in [-0.2, -0.15) is 0 Å². The predicted molar refractivity (Wildman–Crippen MR) is 107 cm³/mol. The molecule has 4 nitrogen and oxygen atoms in total. The first-order valence-electron chi connectivity index (χ1n) is 7.43. The van der Waals surface area contributed by atoms with E-state index < -0.39 is 5.82 Å². The Hall–Kier alpha value is -2.22. The van der Waals surface area contributed by atoms with E-state index in [4.69, 9.17) is 23.8 Å². The highest BCUT2D eigenvalue weighted by Gasteiger charge is 2.28. The molecule has 1 aliphatic heterocycles. The van der Waals surface area contributed by atoms with Crippen molar-refractivity contribution >= 4 is 63.5 Å². The fourth-order valence-corrected chi connectivity index (χ4v) is 3.56. The molecule has 0 bridgehead atoms. The van der Waals surface area contributed by atoms with Gasteiger partial charge in [-0.15, -0.1) is 0 Å². The van der Waals surface area contributed by atoms with Crippen LogP contribution in [-0.2, 0) is 4.79 Å². The number of anilines is 1. The number of nitrogens with zero attached hydrogens (tertiary/aromatic N) is 1. The minimum atomic E-state index is -0.550. The zero-order chi connectivity index (χ0) is 18.8. The molecule has 0 spiro atoms. The smallest absolute Gasteiger partial charge is 0.265 e. The van der Waals surface area contributed by atoms with E-state index >= 15 is 0 Å². The quantitative estimate of drug-likeness (QED) is 0.599. The number of halogens is 2. The fraction of sp³-hybridized carbons (Fsp3) is 0.0556. The molecular weight excluding hydrogens is 395 g/mol. The third-order valence-electron chi connectivity index (χ3n) is 3.63. The summed E-state index contributed by atoms with van der Waals surface area (Å²) in [6, 6.07) is 10.7. The van der Waals surface area contributed by atoms with Crippen LogP contribution in [0.5, 0.6) is 0 Å². The lowest BCUT2D eigenvalue weighted by molar-refractivity contribution is -0.121. The summed E-state index contributed by atoms with van der Waals surface area (Å²) in [4.78, 5) is 26.2. The number of likely N-dealkylation sites (N-methyl/N-ethyl adjacent to an activating group) is 1. The van der Waals surface area contributed by atoms with Crippen molar-refractivity contribution in [1.29, 1.82) is 0 Å². The predicted octanol–water partition coefficient (Wildman–Crippen LogP) is 4.56. The van der Waals surface area contributed by atoms with Crippen LogP contribution in [0.15, 0.2) is 47.4 Å². The highest BCUT2D eigenvalue weighted by atomic mass is 35.5. The lowest BCUT2D eigenvalue weighted by Gasteiger charge is -2.06. The number of benzene rings is 2. The molecule has 1 fully saturated rings. The first-order valence-corrected chi connectivity index (χ1v) is 9.03. The second-order valence-electron chi connectivity index (χ2n) is 5.45. The summed E-state index contributed by atoms with van der Waals surface area (Å²) in [6.45, 7) is 0. The van der Waals surface area contributed by atoms with Crippen molar-refractivity contribution in [3.63, 3.8) is 0 Å². The number of carbonyl (C=O) groups excluding carboxylic acids is 2. The van der Waals surface area contributed by atoms with Gasteiger partial charge < -0.3 is 5.32 Å². The summed E-state index contributed by atoms with van der Waals surface area (Å²) in [5, 5.41) is 2.59. The van der Waals surface area contributed by atoms with Gasteiger partial charge in [0.25, 0.3) is 11.8 Å². The molecule has 1 saturated heterocycles. The fourth-order valence-electron chi connectivity index (χ4n) is 2.20. The number of hydrogen-bond acceptors (Lipinski definition) is 4. The minimum absolute atomic E-state index is 0.0635. The Morgan fingerprint density at radius 2 is 1.96 bits per heavy atom. The average molecular weight is 407 g/mol. The maximum absolute atomic E-state index is 13.2. The second kappa shape index (κ2) is 7.57. The van der Waals surface area contributed by atoms with Gasteiger partial charge in [0.05, 0.1) is 9.93 Å². The van der Waals surface area contributed by atoms with Crippen LogP contribution in [0.4, 0.5) is 10.1 Å². The van der Waals surface area contributed by atoms with Crippen LogP contribution in [0.25, 0.3) is 6.08 Å². The Morgan fingerprint density at radius 3 is 2.54 bits per heavy atom. The SMILES string of the molecule is CN1C(=O)/C(=C/c2ccc(C(=O)Nc3ccc(F)c(Cl)c3)cc2)SC1=S. The highest BCUT2D eigenvalue weighted by molar-refractivity contribution is 8.26. The van der Waals surface area contributed by atoms with Crippen LogP contribution >= 0.6 is 35.6 Å². The molecule has 1 heterocycles. The van der Waals surface area contributed by atoms with Gasteiger partial charge in [0.1, 0.15) is 10.1 Å². The number of thioether (sulfide) groups is 1. The Labute approximate surface area is 164 Å². The van der Waals surface area contributed by atoms with Crippen molar-refractivity contribution in [2.75, 3.05) is 12.4 Å². The topological polar surface area (TPSA) is 49.4 Å². The molecule has 132 valence electrons. The number of carbonyl (C=O) groups is 2. The average Bonchev–Trinajstić information content (AvgIpc) is 2.85. The van der Waals surface area contributed by atoms with Gasteiger partial charge in [0.2, 0.25) is 0 Å². The van der Waals surface area contributed by atoms with Gasteiger partial charge in [-0.1, -0.05) is 47.7 Å². The summed E-state index contributed by atoms with van der Waals surface area (Å²) in [5.74, 6) is -1.04. The van der Waals surface area contributed by atoms with Crippen LogP contribution in [0.2, 0.25) is 5.02 Å². The van der Waals surface area contributed by atoms with Gasteiger partial charge >= 0.3 is 0 Å². The van der Waals surface area contributed by atoms with Gasteiger partial charge in [-0.3, -0.25) is 14.5 Å².